The van der Waals surface area contributed by atoms with Crippen LogP contribution in [0.5, 0.6) is 0 Å². The highest BCUT2D eigenvalue weighted by molar-refractivity contribution is 9.13. The Kier molecular flexibility index (Phi) is 2.82. The maximum atomic E-state index is 12.6. The normalized spacial score (nSPS) is 10.0. The van der Waals surface area contributed by atoms with Crippen LogP contribution in [-0.4, -0.2) is 4.98 Å². The lowest BCUT2D eigenvalue weighted by Gasteiger charge is -1.96. The van der Waals surface area contributed by atoms with Crippen molar-refractivity contribution >= 4 is 47.8 Å². The van der Waals surface area contributed by atoms with E-state index >= 15 is 0 Å². The van der Waals surface area contributed by atoms with Crippen molar-refractivity contribution in [3.8, 4) is 0 Å². The van der Waals surface area contributed by atoms with E-state index in [1.54, 1.807) is 0 Å². The Morgan fingerprint density at radius 3 is 2.30 bits per heavy atom. The number of aromatic nitrogens is 1. The molecule has 0 fully saturated rings. The molecule has 0 amide bonds. The molecule has 0 bridgehead atoms. The molecule has 1 aromatic heterocycles. The monoisotopic (exact) mass is 331 g/mol. The van der Waals surface area contributed by atoms with E-state index < -0.39 is 0 Å². The van der Waals surface area contributed by atoms with Gasteiger partial charge in [0, 0.05) is 0 Å². The van der Waals surface area contributed by atoms with Crippen molar-refractivity contribution in [3.05, 3.63) is 25.6 Å². The first kappa shape index (κ1) is 8.62. The van der Waals surface area contributed by atoms with Gasteiger partial charge in [0.1, 0.15) is 9.21 Å². The maximum Gasteiger partial charge on any atom is 0.157 e. The lowest BCUT2D eigenvalue weighted by molar-refractivity contribution is 0.610. The summed E-state index contributed by atoms with van der Waals surface area (Å²) >= 11 is 9.18. The van der Waals surface area contributed by atoms with Crippen LogP contribution in [0.15, 0.2) is 19.7 Å². The minimum Gasteiger partial charge on any atom is -0.230 e. The molecule has 0 aliphatic rings. The zero-order valence-corrected chi connectivity index (χ0v) is 9.29. The first-order valence-electron chi connectivity index (χ1n) is 2.28. The third kappa shape index (κ3) is 1.77. The molecule has 10 heavy (non-hydrogen) atoms. The van der Waals surface area contributed by atoms with E-state index in [0.29, 0.717) is 9.08 Å². The van der Waals surface area contributed by atoms with Crippen LogP contribution in [0.2, 0.25) is 0 Å². The fourth-order valence-electron chi connectivity index (χ4n) is 0.423. The first-order valence-corrected chi connectivity index (χ1v) is 4.66. The molecule has 0 N–H and O–H groups in total. The van der Waals surface area contributed by atoms with Crippen LogP contribution in [0.4, 0.5) is 4.39 Å². The summed E-state index contributed by atoms with van der Waals surface area (Å²) in [6.07, 6.45) is 0. The fourth-order valence-corrected chi connectivity index (χ4v) is 1.53. The molecule has 0 aromatic carbocycles. The minimum absolute atomic E-state index is 0.211. The molecular formula is C5HBr3FN. The van der Waals surface area contributed by atoms with E-state index in [0.717, 1.165) is 0 Å². The number of rotatable bonds is 0. The second-order valence-electron chi connectivity index (χ2n) is 1.53. The Hall–Kier alpha value is 0.520. The van der Waals surface area contributed by atoms with Gasteiger partial charge >= 0.3 is 0 Å². The number of nitrogens with zero attached hydrogens (tertiary/aromatic N) is 1. The number of pyridine rings is 1. The molecule has 0 aliphatic heterocycles. The van der Waals surface area contributed by atoms with Gasteiger partial charge in [0.25, 0.3) is 0 Å². The molecule has 5 heteroatoms. The third-order valence-corrected chi connectivity index (χ3v) is 3.14. The number of hydrogen-bond donors (Lipinski definition) is 0. The van der Waals surface area contributed by atoms with Crippen molar-refractivity contribution in [2.45, 2.75) is 0 Å². The Morgan fingerprint density at radius 2 is 1.80 bits per heavy atom. The SMILES string of the molecule is Fc1cc(Br)c(Br)nc1Br. The zero-order valence-electron chi connectivity index (χ0n) is 4.54. The van der Waals surface area contributed by atoms with Crippen molar-refractivity contribution in [1.82, 2.24) is 4.98 Å². The van der Waals surface area contributed by atoms with E-state index in [4.69, 9.17) is 0 Å². The van der Waals surface area contributed by atoms with Crippen molar-refractivity contribution in [3.63, 3.8) is 0 Å². The van der Waals surface area contributed by atoms with Crippen LogP contribution in [0.1, 0.15) is 0 Å². The summed E-state index contributed by atoms with van der Waals surface area (Å²) in [6.45, 7) is 0. The highest BCUT2D eigenvalue weighted by Crippen LogP contribution is 2.24. The molecule has 0 unspecified atom stereocenters. The van der Waals surface area contributed by atoms with Crippen molar-refractivity contribution in [1.29, 1.82) is 0 Å². The molecule has 54 valence electrons. The van der Waals surface area contributed by atoms with E-state index in [9.17, 15) is 4.39 Å². The van der Waals surface area contributed by atoms with Crippen molar-refractivity contribution in [2.24, 2.45) is 0 Å². The van der Waals surface area contributed by atoms with Gasteiger partial charge in [-0.05, 0) is 53.9 Å². The molecule has 0 saturated heterocycles. The second kappa shape index (κ2) is 3.28. The average Bonchev–Trinajstić information content (AvgIpc) is 1.84. The maximum absolute atomic E-state index is 12.6. The van der Waals surface area contributed by atoms with Crippen molar-refractivity contribution in [2.75, 3.05) is 0 Å². The summed E-state index contributed by atoms with van der Waals surface area (Å²) in [5.41, 5.74) is 0. The summed E-state index contributed by atoms with van der Waals surface area (Å²) < 4.78 is 14.0. The van der Waals surface area contributed by atoms with E-state index in [-0.39, 0.29) is 10.4 Å². The molecule has 0 saturated carbocycles. The van der Waals surface area contributed by atoms with Gasteiger partial charge in [-0.3, -0.25) is 0 Å². The summed E-state index contributed by atoms with van der Waals surface area (Å²) in [4.78, 5) is 3.78. The predicted octanol–water partition coefficient (Wildman–Crippen LogP) is 3.51. The van der Waals surface area contributed by atoms with Gasteiger partial charge in [0.05, 0.1) is 4.47 Å². The second-order valence-corrected chi connectivity index (χ2v) is 3.89. The molecule has 0 radical (unpaired) electrons. The van der Waals surface area contributed by atoms with E-state index in [1.165, 1.54) is 6.07 Å². The van der Waals surface area contributed by atoms with Crippen LogP contribution in [0, 0.1) is 5.82 Å². The van der Waals surface area contributed by atoms with E-state index in [1.807, 2.05) is 0 Å². The van der Waals surface area contributed by atoms with Crippen LogP contribution in [-0.2, 0) is 0 Å². The number of halogens is 4. The molecule has 1 heterocycles. The van der Waals surface area contributed by atoms with Crippen LogP contribution in [0.3, 0.4) is 0 Å². The van der Waals surface area contributed by atoms with Gasteiger partial charge in [-0.15, -0.1) is 0 Å². The van der Waals surface area contributed by atoms with Gasteiger partial charge < -0.3 is 0 Å². The molecule has 0 aliphatic carbocycles. The topological polar surface area (TPSA) is 12.9 Å². The number of hydrogen-bond acceptors (Lipinski definition) is 1. The van der Waals surface area contributed by atoms with Gasteiger partial charge in [-0.1, -0.05) is 0 Å². The highest BCUT2D eigenvalue weighted by atomic mass is 79.9. The first-order chi connectivity index (χ1) is 4.61. The Labute approximate surface area is 82.4 Å². The van der Waals surface area contributed by atoms with Gasteiger partial charge in [0.15, 0.2) is 5.82 Å². The Bertz CT molecular complexity index is 213. The summed E-state index contributed by atoms with van der Waals surface area (Å²) in [6, 6.07) is 1.33. The standard InChI is InChI=1S/C5HBr3FN/c6-2-1-3(9)5(8)10-4(2)7/h1H. The molecule has 0 atom stereocenters. The van der Waals surface area contributed by atoms with E-state index in [2.05, 4.69) is 52.8 Å². The lowest BCUT2D eigenvalue weighted by Crippen LogP contribution is -1.84. The van der Waals surface area contributed by atoms with Gasteiger partial charge in [-0.25, -0.2) is 9.37 Å². The lowest BCUT2D eigenvalue weighted by atomic mass is 10.5. The van der Waals surface area contributed by atoms with Gasteiger partial charge in [-0.2, -0.15) is 0 Å². The fraction of sp³-hybridized carbons (Fsp3) is 0. The quantitative estimate of drug-likeness (QED) is 0.662. The summed E-state index contributed by atoms with van der Waals surface area (Å²) in [5, 5.41) is 0. The largest absolute Gasteiger partial charge is 0.230 e. The van der Waals surface area contributed by atoms with Crippen LogP contribution < -0.4 is 0 Å². The summed E-state index contributed by atoms with van der Waals surface area (Å²) in [5.74, 6) is -0.380. The third-order valence-electron chi connectivity index (χ3n) is 0.844. The van der Waals surface area contributed by atoms with Crippen LogP contribution in [0.25, 0.3) is 0 Å². The van der Waals surface area contributed by atoms with Crippen molar-refractivity contribution < 1.29 is 4.39 Å². The average molecular weight is 334 g/mol. The molecule has 1 aromatic rings. The predicted molar refractivity (Wildman–Crippen MR) is 47.3 cm³/mol. The Balaban J connectivity index is 3.28. The minimum atomic E-state index is -0.380. The zero-order chi connectivity index (χ0) is 7.72. The smallest absolute Gasteiger partial charge is 0.157 e. The van der Waals surface area contributed by atoms with Crippen LogP contribution >= 0.6 is 47.8 Å². The van der Waals surface area contributed by atoms with Gasteiger partial charge in [0.2, 0.25) is 0 Å². The molecule has 0 spiro atoms. The molecule has 1 nitrogen and oxygen atoms in total. The molecule has 1 rings (SSSR count). The summed E-state index contributed by atoms with van der Waals surface area (Å²) in [7, 11) is 0. The highest BCUT2D eigenvalue weighted by Gasteiger charge is 2.04. The Morgan fingerprint density at radius 1 is 1.20 bits per heavy atom. The molecular weight excluding hydrogens is 333 g/mol.